The van der Waals surface area contributed by atoms with E-state index in [0.717, 1.165) is 6.92 Å². The first-order valence-electron chi connectivity index (χ1n) is 11.2. The number of rotatable bonds is 5. The zero-order chi connectivity index (χ0) is 31.1. The maximum Gasteiger partial charge on any atom is 1.00 e. The molecule has 2 aliphatic heterocycles. The Labute approximate surface area is 286 Å². The third-order valence-corrected chi connectivity index (χ3v) is 6.58. The Morgan fingerprint density at radius 3 is 1.81 bits per heavy atom. The van der Waals surface area contributed by atoms with Crippen LogP contribution in [0.4, 0.5) is 17.6 Å². The van der Waals surface area contributed by atoms with Gasteiger partial charge in [0.1, 0.15) is 24.4 Å². The molecule has 4 N–H and O–H groups in total. The van der Waals surface area contributed by atoms with Gasteiger partial charge < -0.3 is 46.6 Å². The fourth-order valence-corrected chi connectivity index (χ4v) is 4.05. The fourth-order valence-electron chi connectivity index (χ4n) is 3.38. The minimum atomic E-state index is -5.82. The van der Waals surface area contributed by atoms with Crippen molar-refractivity contribution in [2.45, 2.75) is 96.3 Å². The quantitative estimate of drug-likeness (QED) is 0.0434. The molecule has 0 aliphatic carbocycles. The van der Waals surface area contributed by atoms with Crippen molar-refractivity contribution in [1.82, 2.24) is 0 Å². The smallest absolute Gasteiger partial charge is 0.748 e. The van der Waals surface area contributed by atoms with Gasteiger partial charge in [-0.15, -0.1) is 0 Å². The van der Waals surface area contributed by atoms with E-state index in [1.54, 1.807) is 13.8 Å². The Bertz CT molecular complexity index is 973. The molecule has 2 rings (SSSR count). The number of alkyl halides is 4. The van der Waals surface area contributed by atoms with Crippen LogP contribution in [0.25, 0.3) is 0 Å². The number of halogens is 4. The second-order valence-electron chi connectivity index (χ2n) is 8.62. The van der Waals surface area contributed by atoms with Gasteiger partial charge in [-0.1, -0.05) is 28.2 Å². The van der Waals surface area contributed by atoms with E-state index in [0.29, 0.717) is 12.7 Å². The summed E-state index contributed by atoms with van der Waals surface area (Å²) < 4.78 is 119. The molecule has 10 atom stereocenters. The first-order valence-corrected chi connectivity index (χ1v) is 14.4. The van der Waals surface area contributed by atoms with Crippen LogP contribution in [0.15, 0.2) is 0 Å². The van der Waals surface area contributed by atoms with E-state index in [2.05, 4.69) is 8.92 Å². The molecular weight excluding hydrogens is 654 g/mol. The molecule has 0 radical (unpaired) electrons. The number of hydrogen-bond donors (Lipinski definition) is 4. The predicted octanol–water partition coefficient (Wildman–Crippen LogP) is -2.80. The summed E-state index contributed by atoms with van der Waals surface area (Å²) in [6.45, 7) is 5.50. The summed E-state index contributed by atoms with van der Waals surface area (Å²) >= 11 is 0. The summed E-state index contributed by atoms with van der Waals surface area (Å²) in [7, 11) is -9.73. The normalized spacial score (nSPS) is 33.0. The fraction of sp³-hybridized carbons (Fsp3) is 0.905. The van der Waals surface area contributed by atoms with Crippen LogP contribution < -0.4 is 51.4 Å². The minimum Gasteiger partial charge on any atom is -0.748 e. The van der Waals surface area contributed by atoms with E-state index in [4.69, 9.17) is 42.9 Å². The monoisotopic (exact) mass is 694 g/mol. The van der Waals surface area contributed by atoms with Crippen LogP contribution in [0.5, 0.6) is 0 Å². The summed E-state index contributed by atoms with van der Waals surface area (Å²) in [4.78, 5) is 11.1. The Balaban J connectivity index is -0.000000306. The molecule has 2 saturated heterocycles. The van der Waals surface area contributed by atoms with Crippen molar-refractivity contribution in [3.05, 3.63) is 7.43 Å². The number of aliphatic hydroxyl groups excluding tert-OH is 4. The topological polar surface area (TPSA) is 226 Å². The molecular formula is C21H40F4KO14S2-. The van der Waals surface area contributed by atoms with Crippen LogP contribution in [0.3, 0.4) is 0 Å². The first-order chi connectivity index (χ1) is 17.5. The first kappa shape index (κ1) is 49.3. The Morgan fingerprint density at radius 1 is 1.00 bits per heavy atom. The Morgan fingerprint density at radius 2 is 1.45 bits per heavy atom. The Kier molecular flexibility index (Phi) is 24.1. The van der Waals surface area contributed by atoms with E-state index in [1.807, 2.05) is 0 Å². The van der Waals surface area contributed by atoms with Crippen molar-refractivity contribution in [1.29, 1.82) is 0 Å². The molecule has 21 heteroatoms. The van der Waals surface area contributed by atoms with E-state index in [9.17, 15) is 30.8 Å². The van der Waals surface area contributed by atoms with Gasteiger partial charge in [-0.25, -0.2) is 12.8 Å². The van der Waals surface area contributed by atoms with Gasteiger partial charge in [0, 0.05) is 13.2 Å². The van der Waals surface area contributed by atoms with Crippen molar-refractivity contribution in [2.75, 3.05) is 12.9 Å². The van der Waals surface area contributed by atoms with Crippen molar-refractivity contribution >= 4 is 26.2 Å². The number of carbonyl (C=O) groups is 1. The molecule has 0 amide bonds. The molecule has 14 nitrogen and oxygen atoms in total. The average Bonchev–Trinajstić information content (AvgIpc) is 2.78. The van der Waals surface area contributed by atoms with Gasteiger partial charge in [0.2, 0.25) is 6.29 Å². The average molecular weight is 695 g/mol. The Hall–Kier alpha value is 0.406. The molecule has 0 spiro atoms. The zero-order valence-electron chi connectivity index (χ0n) is 23.4. The van der Waals surface area contributed by atoms with Gasteiger partial charge in [-0.05, 0) is 18.3 Å². The van der Waals surface area contributed by atoms with Crippen LogP contribution in [-0.4, -0.2) is 115 Å². The largest absolute Gasteiger partial charge is 1.00 e. The summed E-state index contributed by atoms with van der Waals surface area (Å²) in [5, 5.41) is 35.3. The molecule has 2 heterocycles. The number of aliphatic hydroxyl groups is 4. The molecule has 0 saturated carbocycles. The van der Waals surface area contributed by atoms with Crippen molar-refractivity contribution < 1.29 is 134 Å². The number of carbonyl (C=O) groups excluding carboxylic acids is 1. The van der Waals surface area contributed by atoms with E-state index >= 15 is 0 Å². The van der Waals surface area contributed by atoms with Gasteiger partial charge in [0.05, 0.1) is 22.8 Å². The molecule has 0 aromatic carbocycles. The molecule has 10 unspecified atom stereocenters. The van der Waals surface area contributed by atoms with E-state index in [-0.39, 0.29) is 78.3 Å². The summed E-state index contributed by atoms with van der Waals surface area (Å²) in [6.07, 6.45) is -10.5. The maximum atomic E-state index is 12.7. The third kappa shape index (κ3) is 16.1. The van der Waals surface area contributed by atoms with Gasteiger partial charge in [-0.2, -0.15) is 21.6 Å². The van der Waals surface area contributed by atoms with Crippen LogP contribution >= 0.6 is 0 Å². The third-order valence-electron chi connectivity index (χ3n) is 5.54. The molecule has 0 aromatic heterocycles. The summed E-state index contributed by atoms with van der Waals surface area (Å²) in [5.74, 6) is -1.70. The van der Waals surface area contributed by atoms with Gasteiger partial charge in [0.15, 0.2) is 12.5 Å². The van der Waals surface area contributed by atoms with Crippen LogP contribution in [0.1, 0.15) is 41.5 Å². The molecule has 42 heavy (non-hydrogen) atoms. The second kappa shape index (κ2) is 20.5. The molecule has 0 aromatic rings. The molecule has 2 fully saturated rings. The van der Waals surface area contributed by atoms with E-state index < -0.39 is 87.4 Å². The summed E-state index contributed by atoms with van der Waals surface area (Å²) in [5.41, 5.74) is -5.56. The number of esters is 1. The van der Waals surface area contributed by atoms with Gasteiger partial charge in [0.25, 0.3) is 0 Å². The number of hydrogen-bond acceptors (Lipinski definition) is 14. The second-order valence-corrected chi connectivity index (χ2v) is 11.6. The van der Waals surface area contributed by atoms with Crippen molar-refractivity contribution in [3.8, 4) is 0 Å². The van der Waals surface area contributed by atoms with Crippen molar-refractivity contribution in [3.63, 3.8) is 0 Å². The van der Waals surface area contributed by atoms with Gasteiger partial charge in [-0.3, -0.25) is 8.98 Å². The van der Waals surface area contributed by atoms with Crippen molar-refractivity contribution in [2.24, 2.45) is 11.8 Å². The maximum absolute atomic E-state index is 12.7. The SMILES string of the molecule is C.CCC1OC(OC(C)=O)C(OS(=O)(=O)C(F)(F)F)C(C)C1C.CS(=O)(=O)[O-].OCC1OC(O)C([18F])C(O)C1O.[CH3-].[K+]. The standard InChI is InChI=1S/C12H19F3O6S.C6H11FO5.CH4O3S.CH4.CH3.K/c1-5-9-6(2)7(3)10(11(20-9)19-8(4)16)21-22(17,18)12(13,14)15;7-3-5(10)4(9)2(1-8)12-6(3)11;1-5(2,3)4;;;/h6-7,9-11H,5H2,1-4H3;2-6,8-11H,1H2;1H3,(H,2,3,4);1H4;1H3;/q;;;;-1;+1/p-1/i;7-1;;;;. The van der Waals surface area contributed by atoms with E-state index in [1.165, 1.54) is 6.92 Å². The molecule has 250 valence electrons. The predicted molar refractivity (Wildman–Crippen MR) is 133 cm³/mol. The van der Waals surface area contributed by atoms with Crippen LogP contribution in [0.2, 0.25) is 0 Å². The minimum absolute atomic E-state index is 0. The summed E-state index contributed by atoms with van der Waals surface area (Å²) in [6, 6.07) is 0. The molecule has 2 aliphatic rings. The van der Waals surface area contributed by atoms with Crippen LogP contribution in [0, 0.1) is 19.3 Å². The van der Waals surface area contributed by atoms with Crippen LogP contribution in [-0.2, 0) is 43.4 Å². The molecule has 0 bridgehead atoms. The number of ether oxygens (including phenoxy) is 3. The van der Waals surface area contributed by atoms with Gasteiger partial charge >= 0.3 is 73.0 Å². The zero-order valence-corrected chi connectivity index (χ0v) is 28.1.